The standard InChI is InChI=1S/C56H79N3O12/c1-11-12-13-14-15-16-21-59(56-26-37-23-38(27-56)25-39(24-37)28-56)57-29-40-45-50(65)43-42(49(40)64)44-52(35(7)48(43)63)71-55(9,53(44)66)69-22-20-41(68-10)32(4)51(70-36(8)60)34(6)47(62)33(5)46(61)30(2)18-17-19-31(3)54(67)58-45/h17-20,22,29-30,32-34,37-39,41,46-47,51,61-65H,11-16,21,23-28H2,1-10H3,(H,58,67)/t30-,32-,33+,34+,37?,38?,39?,41-,46+,47+,51-,55-,56?/m0/s1. The molecule has 2 aromatic rings. The fraction of sp³-hybridized carbons (Fsp3) is 0.643. The highest BCUT2D eigenvalue weighted by molar-refractivity contribution is 6.23. The molecule has 6 N–H and O–H groups in total. The number of fused-ring (bicyclic) bond motifs is 14. The topological polar surface area (TPSA) is 217 Å². The third-order valence-corrected chi connectivity index (χ3v) is 16.6. The molecule has 4 saturated carbocycles. The summed E-state index contributed by atoms with van der Waals surface area (Å²) in [5, 5.41) is 69.9. The summed E-state index contributed by atoms with van der Waals surface area (Å²) in [6, 6.07) is 0. The van der Waals surface area contributed by atoms with Gasteiger partial charge in [-0.25, -0.2) is 0 Å². The first-order valence-electron chi connectivity index (χ1n) is 26.1. The number of rotatable bonds is 12. The van der Waals surface area contributed by atoms with Gasteiger partial charge >= 0.3 is 11.8 Å². The molecule has 7 aliphatic rings. The molecule has 390 valence electrons. The quantitative estimate of drug-likeness (QED) is 0.0292. The van der Waals surface area contributed by atoms with Crippen LogP contribution in [0.15, 0.2) is 41.2 Å². The van der Waals surface area contributed by atoms with Gasteiger partial charge in [0.2, 0.25) is 0 Å². The van der Waals surface area contributed by atoms with Crippen LogP contribution in [0.1, 0.15) is 154 Å². The van der Waals surface area contributed by atoms with Gasteiger partial charge in [-0.15, -0.1) is 0 Å². The molecule has 2 aromatic carbocycles. The summed E-state index contributed by atoms with van der Waals surface area (Å²) < 4.78 is 24.0. The zero-order chi connectivity index (χ0) is 51.7. The molecule has 9 bridgehead atoms. The molecule has 0 unspecified atom stereocenters. The number of amides is 1. The molecule has 4 fully saturated rings. The van der Waals surface area contributed by atoms with Crippen molar-refractivity contribution < 1.29 is 58.9 Å². The van der Waals surface area contributed by atoms with Crippen LogP contribution in [-0.2, 0) is 23.8 Å². The number of nitrogens with one attached hydrogen (secondary N) is 1. The average molecular weight is 986 g/mol. The second kappa shape index (κ2) is 21.9. The number of unbranched alkanes of at least 4 members (excludes halogenated alkanes) is 5. The number of Topliss-reactive ketones (excluding diaryl/α,β-unsaturated/α-hetero) is 1. The Morgan fingerprint density at radius 1 is 0.873 bits per heavy atom. The van der Waals surface area contributed by atoms with Gasteiger partial charge in [-0.3, -0.25) is 19.4 Å². The Bertz CT molecular complexity index is 2410. The highest BCUT2D eigenvalue weighted by Gasteiger charge is 2.54. The number of phenols is 3. The highest BCUT2D eigenvalue weighted by Crippen LogP contribution is 2.59. The molecule has 0 saturated heterocycles. The van der Waals surface area contributed by atoms with E-state index in [1.165, 1.54) is 78.5 Å². The molecular weight excluding hydrogens is 907 g/mol. The molecular formula is C56H79N3O12. The molecule has 71 heavy (non-hydrogen) atoms. The van der Waals surface area contributed by atoms with Crippen LogP contribution < -0.4 is 10.1 Å². The van der Waals surface area contributed by atoms with Crippen molar-refractivity contribution >= 4 is 40.3 Å². The highest BCUT2D eigenvalue weighted by atomic mass is 16.7. The third-order valence-electron chi connectivity index (χ3n) is 16.6. The van der Waals surface area contributed by atoms with Crippen LogP contribution in [0, 0.1) is 48.3 Å². The summed E-state index contributed by atoms with van der Waals surface area (Å²) in [7, 11) is 1.46. The fourth-order valence-electron chi connectivity index (χ4n) is 12.8. The van der Waals surface area contributed by atoms with Gasteiger partial charge in [0.15, 0.2) is 5.75 Å². The summed E-state index contributed by atoms with van der Waals surface area (Å²) in [5.74, 6) is -6.28. The number of ketones is 1. The van der Waals surface area contributed by atoms with Crippen molar-refractivity contribution in [3.8, 4) is 23.0 Å². The van der Waals surface area contributed by atoms with Gasteiger partial charge in [0.25, 0.3) is 11.7 Å². The maximum atomic E-state index is 14.8. The predicted molar refractivity (Wildman–Crippen MR) is 272 cm³/mol. The van der Waals surface area contributed by atoms with Crippen molar-refractivity contribution in [2.45, 2.75) is 175 Å². The third kappa shape index (κ3) is 10.7. The van der Waals surface area contributed by atoms with Gasteiger partial charge in [-0.1, -0.05) is 85.0 Å². The van der Waals surface area contributed by atoms with E-state index in [0.717, 1.165) is 44.9 Å². The van der Waals surface area contributed by atoms with E-state index >= 15 is 0 Å². The molecule has 0 spiro atoms. The number of esters is 1. The van der Waals surface area contributed by atoms with Crippen LogP contribution in [0.25, 0.3) is 10.8 Å². The molecule has 4 aliphatic carbocycles. The van der Waals surface area contributed by atoms with Crippen molar-refractivity contribution in [3.63, 3.8) is 0 Å². The van der Waals surface area contributed by atoms with Crippen molar-refractivity contribution in [2.75, 3.05) is 19.0 Å². The second-order valence-corrected chi connectivity index (χ2v) is 21.9. The molecule has 0 radical (unpaired) electrons. The van der Waals surface area contributed by atoms with Crippen molar-refractivity contribution in [2.24, 2.45) is 46.5 Å². The Balaban J connectivity index is 1.37. The van der Waals surface area contributed by atoms with Crippen LogP contribution in [0.2, 0.25) is 0 Å². The number of allylic oxidation sites excluding steroid dienone is 2. The first-order valence-corrected chi connectivity index (χ1v) is 26.1. The van der Waals surface area contributed by atoms with Crippen molar-refractivity contribution in [1.82, 2.24) is 5.01 Å². The number of aliphatic hydroxyl groups excluding tert-OH is 2. The number of anilines is 1. The minimum absolute atomic E-state index is 0.0655. The van der Waals surface area contributed by atoms with E-state index < -0.39 is 88.8 Å². The lowest BCUT2D eigenvalue weighted by Crippen LogP contribution is -2.58. The van der Waals surface area contributed by atoms with Crippen LogP contribution in [0.5, 0.6) is 23.0 Å². The summed E-state index contributed by atoms with van der Waals surface area (Å²) >= 11 is 0. The monoisotopic (exact) mass is 986 g/mol. The molecule has 15 nitrogen and oxygen atoms in total. The molecule has 3 aliphatic heterocycles. The maximum Gasteiger partial charge on any atom is 0.312 e. The van der Waals surface area contributed by atoms with Gasteiger partial charge in [-0.05, 0) is 82.6 Å². The van der Waals surface area contributed by atoms with Crippen molar-refractivity contribution in [3.05, 3.63) is 52.8 Å². The van der Waals surface area contributed by atoms with E-state index in [1.807, 2.05) is 0 Å². The molecule has 3 heterocycles. The summed E-state index contributed by atoms with van der Waals surface area (Å²) in [5.41, 5.74) is -0.324. The first-order chi connectivity index (χ1) is 33.7. The molecule has 9 rings (SSSR count). The number of hydrazone groups is 1. The number of hydrogen-bond acceptors (Lipinski definition) is 14. The zero-order valence-corrected chi connectivity index (χ0v) is 43.5. The van der Waals surface area contributed by atoms with Crippen LogP contribution in [-0.4, -0.2) is 104 Å². The molecule has 0 aromatic heterocycles. The van der Waals surface area contributed by atoms with E-state index in [0.29, 0.717) is 24.3 Å². The summed E-state index contributed by atoms with van der Waals surface area (Å²) in [6.45, 7) is 15.6. The lowest BCUT2D eigenvalue weighted by Gasteiger charge is -2.59. The Hall–Kier alpha value is -5.12. The van der Waals surface area contributed by atoms with Crippen LogP contribution in [0.3, 0.4) is 0 Å². The summed E-state index contributed by atoms with van der Waals surface area (Å²) in [4.78, 5) is 41.5. The van der Waals surface area contributed by atoms with Gasteiger partial charge < -0.3 is 49.8 Å². The first kappa shape index (κ1) is 53.7. The van der Waals surface area contributed by atoms with E-state index in [1.54, 1.807) is 52.8 Å². The van der Waals surface area contributed by atoms with Gasteiger partial charge in [0, 0.05) is 67.7 Å². The Morgan fingerprint density at radius 3 is 2.13 bits per heavy atom. The number of carbonyl (C=O) groups excluding carboxylic acids is 3. The van der Waals surface area contributed by atoms with Gasteiger partial charge in [-0.2, -0.15) is 5.10 Å². The number of carbonyl (C=O) groups is 3. The van der Waals surface area contributed by atoms with Gasteiger partial charge in [0.05, 0.1) is 58.5 Å². The van der Waals surface area contributed by atoms with Crippen LogP contribution in [0.4, 0.5) is 5.69 Å². The predicted octanol–water partition coefficient (Wildman–Crippen LogP) is 9.72. The molecule has 9 atom stereocenters. The van der Waals surface area contributed by atoms with E-state index in [9.17, 15) is 39.9 Å². The lowest BCUT2D eigenvalue weighted by atomic mass is 9.52. The van der Waals surface area contributed by atoms with E-state index in [2.05, 4.69) is 17.2 Å². The number of nitrogens with zero attached hydrogens (tertiary/aromatic N) is 2. The SMILES string of the molecule is CCCCCCCCN(N=Cc1c2c(O)c3c(O)c(C)c4c(c3c1O)C(=O)[C@@](C)(OC=C[C@H](OC)[C@H](C)[C@H](OC(C)=O)[C@H](C)[C@H](O)[C@H](C)[C@H](O)[C@@H](C)C=CC=C(C)C(=O)N2)O4)C12CC3CC(CC(C3)C1)C2. The number of benzene rings is 2. The maximum absolute atomic E-state index is 14.8. The number of phenolic OH excluding ortho intramolecular Hbond substituents is 3. The van der Waals surface area contributed by atoms with E-state index in [-0.39, 0.29) is 50.0 Å². The van der Waals surface area contributed by atoms with Crippen LogP contribution >= 0.6 is 0 Å². The number of methoxy groups -OCH3 is 1. The van der Waals surface area contributed by atoms with Crippen molar-refractivity contribution in [1.29, 1.82) is 0 Å². The normalized spacial score (nSPS) is 33.1. The largest absolute Gasteiger partial charge is 0.507 e. The fourth-order valence-corrected chi connectivity index (χ4v) is 12.8. The van der Waals surface area contributed by atoms with E-state index in [4.69, 9.17) is 24.0 Å². The molecule has 15 heteroatoms. The Kier molecular flexibility index (Phi) is 16.6. The number of ether oxygens (including phenoxy) is 4. The average Bonchev–Trinajstić information content (AvgIpc) is 3.59. The second-order valence-electron chi connectivity index (χ2n) is 21.9. The number of hydrogen-bond donors (Lipinski definition) is 6. The lowest BCUT2D eigenvalue weighted by molar-refractivity contribution is -0.160. The summed E-state index contributed by atoms with van der Waals surface area (Å²) in [6.07, 6.45) is 18.6. The Labute approximate surface area is 419 Å². The minimum Gasteiger partial charge on any atom is -0.507 e. The smallest absolute Gasteiger partial charge is 0.312 e. The number of aromatic hydroxyl groups is 3. The Morgan fingerprint density at radius 2 is 1.51 bits per heavy atom. The minimum atomic E-state index is -2.05. The van der Waals surface area contributed by atoms with Gasteiger partial charge in [0.1, 0.15) is 23.4 Å². The zero-order valence-electron chi connectivity index (χ0n) is 43.5. The molecule has 1 amide bonds. The number of aliphatic hydroxyl groups is 2.